The molecule has 0 saturated heterocycles. The van der Waals surface area contributed by atoms with Crippen molar-refractivity contribution >= 4 is 34.4 Å². The number of pyridine rings is 1. The van der Waals surface area contributed by atoms with E-state index < -0.39 is 5.91 Å². The van der Waals surface area contributed by atoms with Crippen LogP contribution in [0.25, 0.3) is 17.0 Å². The number of rotatable bonds is 6. The third kappa shape index (κ3) is 4.84. The number of fused-ring (bicyclic) bond motifs is 1. The van der Waals surface area contributed by atoms with E-state index in [0.717, 1.165) is 39.2 Å². The molecule has 1 amide bonds. The van der Waals surface area contributed by atoms with Crippen LogP contribution in [-0.2, 0) is 4.79 Å². The highest BCUT2D eigenvalue weighted by Gasteiger charge is 2.08. The van der Waals surface area contributed by atoms with Crippen LogP contribution in [0.15, 0.2) is 67.1 Å². The highest BCUT2D eigenvalue weighted by molar-refractivity contribution is 5.94. The lowest BCUT2D eigenvalue weighted by Crippen LogP contribution is -2.05. The van der Waals surface area contributed by atoms with E-state index in [1.54, 1.807) is 12.3 Å². The largest absolute Gasteiger partial charge is 0.455 e. The maximum Gasteiger partial charge on any atom is 0.241 e. The monoisotopic (exact) mass is 411 g/mol. The molecule has 0 unspecified atom stereocenters. The van der Waals surface area contributed by atoms with E-state index in [1.165, 1.54) is 12.4 Å². The second-order valence-electron chi connectivity index (χ2n) is 7.08. The number of hydrogen-bond acceptors (Lipinski definition) is 6. The lowest BCUT2D eigenvalue weighted by Gasteiger charge is -2.12. The summed E-state index contributed by atoms with van der Waals surface area (Å²) < 4.78 is 5.94. The first kappa shape index (κ1) is 20.0. The molecule has 0 aliphatic carbocycles. The van der Waals surface area contributed by atoms with Crippen molar-refractivity contribution in [2.45, 2.75) is 13.8 Å². The fourth-order valence-electron chi connectivity index (χ4n) is 3.08. The number of aryl methyl sites for hydroxylation is 2. The Balaban J connectivity index is 1.59. The van der Waals surface area contributed by atoms with E-state index >= 15 is 0 Å². The number of hydrogen-bond donors (Lipinski definition) is 2. The van der Waals surface area contributed by atoms with Gasteiger partial charge in [-0.05, 0) is 73.5 Å². The lowest BCUT2D eigenvalue weighted by atomic mass is 10.1. The quantitative estimate of drug-likeness (QED) is 0.447. The molecule has 0 atom stereocenters. The van der Waals surface area contributed by atoms with Gasteiger partial charge in [0, 0.05) is 22.8 Å². The molecule has 0 radical (unpaired) electrons. The molecule has 2 heterocycles. The zero-order valence-electron chi connectivity index (χ0n) is 17.2. The molecule has 2 aromatic carbocycles. The van der Waals surface area contributed by atoms with E-state index in [1.807, 2.05) is 62.4 Å². The Kier molecular flexibility index (Phi) is 5.57. The number of ether oxygens (including phenoxy) is 1. The Bertz CT molecular complexity index is 1280. The van der Waals surface area contributed by atoms with Crippen molar-refractivity contribution in [3.05, 3.63) is 84.0 Å². The molecule has 3 N–H and O–H groups in total. The smallest absolute Gasteiger partial charge is 0.241 e. The Labute approximate surface area is 179 Å². The number of nitrogens with one attached hydrogen (secondary N) is 1. The van der Waals surface area contributed by atoms with Gasteiger partial charge in [-0.3, -0.25) is 9.78 Å². The van der Waals surface area contributed by atoms with Crippen molar-refractivity contribution in [3.63, 3.8) is 0 Å². The number of primary amides is 1. The van der Waals surface area contributed by atoms with Gasteiger partial charge >= 0.3 is 0 Å². The van der Waals surface area contributed by atoms with E-state index in [2.05, 4.69) is 20.3 Å². The van der Waals surface area contributed by atoms with Crippen molar-refractivity contribution in [2.75, 3.05) is 5.32 Å². The zero-order chi connectivity index (χ0) is 21.8. The highest BCUT2D eigenvalue weighted by atomic mass is 16.5. The number of carbonyl (C=O) groups excluding carboxylic acids is 1. The van der Waals surface area contributed by atoms with Crippen LogP contribution in [0.1, 0.15) is 16.8 Å². The van der Waals surface area contributed by atoms with Crippen LogP contribution in [-0.4, -0.2) is 20.9 Å². The van der Waals surface area contributed by atoms with Crippen LogP contribution in [0.5, 0.6) is 11.5 Å². The first-order chi connectivity index (χ1) is 15.0. The molecule has 31 heavy (non-hydrogen) atoms. The molecule has 7 nitrogen and oxygen atoms in total. The summed E-state index contributed by atoms with van der Waals surface area (Å²) in [5.74, 6) is 1.60. The fraction of sp³-hybridized carbons (Fsp3) is 0.0833. The minimum Gasteiger partial charge on any atom is -0.455 e. The molecular weight excluding hydrogens is 390 g/mol. The Hall–Kier alpha value is -4.26. The van der Waals surface area contributed by atoms with Gasteiger partial charge in [0.15, 0.2) is 0 Å². The second-order valence-corrected chi connectivity index (χ2v) is 7.08. The van der Waals surface area contributed by atoms with Gasteiger partial charge in [0.2, 0.25) is 5.91 Å². The lowest BCUT2D eigenvalue weighted by molar-refractivity contribution is -0.113. The average molecular weight is 411 g/mol. The van der Waals surface area contributed by atoms with E-state index in [-0.39, 0.29) is 0 Å². The summed E-state index contributed by atoms with van der Waals surface area (Å²) in [6.45, 7) is 3.91. The number of amides is 1. The number of nitrogens with two attached hydrogens (primary N) is 1. The summed E-state index contributed by atoms with van der Waals surface area (Å²) in [5, 5.41) is 4.17. The minimum absolute atomic E-state index is 0.498. The minimum atomic E-state index is -0.498. The van der Waals surface area contributed by atoms with Crippen LogP contribution >= 0.6 is 0 Å². The molecule has 0 spiro atoms. The molecular formula is C24H21N5O2. The standard InChI is InChI=1S/C24H21N5O2/c1-15-11-18(6-9-22(15)31-19-7-3-16(2)26-13-19)29-24-20-12-17(5-10-23(25)30)4-8-21(20)27-14-28-24/h3-14H,1-2H3,(H2,25,30)(H,27,28,29). The van der Waals surface area contributed by atoms with Gasteiger partial charge in [0.25, 0.3) is 0 Å². The first-order valence-corrected chi connectivity index (χ1v) is 9.68. The SMILES string of the molecule is Cc1ccc(Oc2ccc(Nc3ncnc4ccc(C=CC(N)=O)cc34)cc2C)cn1. The van der Waals surface area contributed by atoms with Gasteiger partial charge in [0.05, 0.1) is 11.7 Å². The van der Waals surface area contributed by atoms with Crippen molar-refractivity contribution < 1.29 is 9.53 Å². The molecule has 0 saturated carbocycles. The molecule has 2 aromatic heterocycles. The highest BCUT2D eigenvalue weighted by Crippen LogP contribution is 2.30. The first-order valence-electron chi connectivity index (χ1n) is 9.68. The normalized spacial score (nSPS) is 11.0. The van der Waals surface area contributed by atoms with Gasteiger partial charge in [-0.2, -0.15) is 0 Å². The van der Waals surface area contributed by atoms with Crippen LogP contribution in [0.3, 0.4) is 0 Å². The number of carbonyl (C=O) groups is 1. The summed E-state index contributed by atoms with van der Waals surface area (Å²) in [4.78, 5) is 24.0. The Morgan fingerprint density at radius 3 is 2.65 bits per heavy atom. The van der Waals surface area contributed by atoms with E-state index in [0.29, 0.717) is 11.6 Å². The maximum atomic E-state index is 11.0. The number of nitrogens with zero attached hydrogens (tertiary/aromatic N) is 3. The second kappa shape index (κ2) is 8.62. The van der Waals surface area contributed by atoms with Crippen molar-refractivity contribution in [1.29, 1.82) is 0 Å². The van der Waals surface area contributed by atoms with Gasteiger partial charge in [-0.1, -0.05) is 6.07 Å². The molecule has 4 rings (SSSR count). The topological polar surface area (TPSA) is 103 Å². The number of anilines is 2. The predicted octanol–water partition coefficient (Wildman–Crippen LogP) is 4.68. The summed E-state index contributed by atoms with van der Waals surface area (Å²) in [5.41, 5.74) is 9.58. The maximum absolute atomic E-state index is 11.0. The molecule has 0 fully saturated rings. The van der Waals surface area contributed by atoms with Gasteiger partial charge in [0.1, 0.15) is 23.6 Å². The Morgan fingerprint density at radius 1 is 1.03 bits per heavy atom. The molecule has 0 aliphatic rings. The molecule has 0 aliphatic heterocycles. The van der Waals surface area contributed by atoms with Crippen molar-refractivity contribution in [2.24, 2.45) is 5.73 Å². The summed E-state index contributed by atoms with van der Waals surface area (Å²) >= 11 is 0. The molecule has 0 bridgehead atoms. The van der Waals surface area contributed by atoms with Crippen LogP contribution < -0.4 is 15.8 Å². The molecule has 4 aromatic rings. The average Bonchev–Trinajstić information content (AvgIpc) is 2.76. The van der Waals surface area contributed by atoms with Gasteiger partial charge in [-0.25, -0.2) is 9.97 Å². The third-order valence-electron chi connectivity index (χ3n) is 4.65. The zero-order valence-corrected chi connectivity index (χ0v) is 17.2. The van der Waals surface area contributed by atoms with Crippen molar-refractivity contribution in [1.82, 2.24) is 15.0 Å². The number of aromatic nitrogens is 3. The molecule has 7 heteroatoms. The fourth-order valence-corrected chi connectivity index (χ4v) is 3.08. The van der Waals surface area contributed by atoms with Crippen LogP contribution in [0.2, 0.25) is 0 Å². The predicted molar refractivity (Wildman–Crippen MR) is 121 cm³/mol. The third-order valence-corrected chi connectivity index (χ3v) is 4.65. The van der Waals surface area contributed by atoms with E-state index in [9.17, 15) is 4.79 Å². The summed E-state index contributed by atoms with van der Waals surface area (Å²) in [7, 11) is 0. The Morgan fingerprint density at radius 2 is 1.90 bits per heavy atom. The summed E-state index contributed by atoms with van der Waals surface area (Å²) in [6.07, 6.45) is 6.20. The summed E-state index contributed by atoms with van der Waals surface area (Å²) in [6, 6.07) is 15.3. The molecule has 154 valence electrons. The van der Waals surface area contributed by atoms with Crippen molar-refractivity contribution in [3.8, 4) is 11.5 Å². The van der Waals surface area contributed by atoms with Crippen LogP contribution in [0, 0.1) is 13.8 Å². The van der Waals surface area contributed by atoms with E-state index in [4.69, 9.17) is 10.5 Å². The van der Waals surface area contributed by atoms with Gasteiger partial charge < -0.3 is 15.8 Å². The number of benzene rings is 2. The van der Waals surface area contributed by atoms with Gasteiger partial charge in [-0.15, -0.1) is 0 Å². The van der Waals surface area contributed by atoms with Crippen LogP contribution in [0.4, 0.5) is 11.5 Å².